The minimum absolute atomic E-state index is 0.117. The molecule has 0 saturated carbocycles. The molecule has 3 atom stereocenters. The Balaban J connectivity index is 2.20. The van der Waals surface area contributed by atoms with Crippen molar-refractivity contribution in [1.29, 1.82) is 0 Å². The van der Waals surface area contributed by atoms with Crippen molar-refractivity contribution in [3.8, 4) is 5.75 Å². The minimum Gasteiger partial charge on any atom is -0.489 e. The molecule has 0 spiro atoms. The summed E-state index contributed by atoms with van der Waals surface area (Å²) < 4.78 is 5.64. The van der Waals surface area contributed by atoms with Crippen molar-refractivity contribution in [2.24, 2.45) is 11.7 Å². The van der Waals surface area contributed by atoms with E-state index >= 15 is 0 Å². The zero-order valence-electron chi connectivity index (χ0n) is 11.6. The lowest BCUT2D eigenvalue weighted by molar-refractivity contribution is 0.242. The third-order valence-corrected chi connectivity index (χ3v) is 3.78. The first kappa shape index (κ1) is 14.6. The van der Waals surface area contributed by atoms with Gasteiger partial charge in [0.1, 0.15) is 5.75 Å². The summed E-state index contributed by atoms with van der Waals surface area (Å²) in [6.07, 6.45) is 0.117. The van der Waals surface area contributed by atoms with Gasteiger partial charge in [-0.3, -0.25) is 5.43 Å². The molecule has 0 amide bonds. The summed E-state index contributed by atoms with van der Waals surface area (Å²) in [6, 6.07) is 6.46. The van der Waals surface area contributed by atoms with Crippen LogP contribution in [0.4, 0.5) is 0 Å². The van der Waals surface area contributed by atoms with Crippen molar-refractivity contribution in [2.75, 3.05) is 6.54 Å². The lowest BCUT2D eigenvalue weighted by atomic mass is 9.90. The third-order valence-electron chi connectivity index (χ3n) is 3.49. The molecule has 2 rings (SSSR count). The Morgan fingerprint density at radius 3 is 2.68 bits per heavy atom. The van der Waals surface area contributed by atoms with E-state index in [2.05, 4.69) is 17.8 Å². The molecule has 0 aliphatic carbocycles. The maximum atomic E-state index is 6.27. The predicted molar refractivity (Wildman–Crippen MR) is 78.2 cm³/mol. The van der Waals surface area contributed by atoms with Gasteiger partial charge in [-0.1, -0.05) is 17.7 Å². The quantitative estimate of drug-likeness (QED) is 0.793. The van der Waals surface area contributed by atoms with Crippen molar-refractivity contribution >= 4 is 11.6 Å². The Kier molecular flexibility index (Phi) is 4.68. The van der Waals surface area contributed by atoms with Gasteiger partial charge in [0.05, 0.1) is 17.2 Å². The molecule has 0 bridgehead atoms. The summed E-state index contributed by atoms with van der Waals surface area (Å²) >= 11 is 6.27. The highest BCUT2D eigenvalue weighted by molar-refractivity contribution is 6.32. The maximum Gasteiger partial charge on any atom is 0.138 e. The van der Waals surface area contributed by atoms with Crippen LogP contribution in [0.5, 0.6) is 5.75 Å². The summed E-state index contributed by atoms with van der Waals surface area (Å²) in [7, 11) is 0. The number of ether oxygens (including phenoxy) is 1. The fourth-order valence-corrected chi connectivity index (χ4v) is 2.69. The van der Waals surface area contributed by atoms with Crippen LogP contribution >= 0.6 is 11.6 Å². The van der Waals surface area contributed by atoms with Crippen LogP contribution in [0.1, 0.15) is 32.4 Å². The monoisotopic (exact) mass is 283 g/mol. The molecule has 1 aliphatic heterocycles. The van der Waals surface area contributed by atoms with Crippen molar-refractivity contribution in [2.45, 2.75) is 39.0 Å². The number of halogens is 1. The Bertz CT molecular complexity index is 439. The van der Waals surface area contributed by atoms with Gasteiger partial charge in [0.15, 0.2) is 0 Å². The van der Waals surface area contributed by atoms with Gasteiger partial charge in [-0.15, -0.1) is 0 Å². The normalized spacial score (nSPS) is 26.9. The number of rotatable bonds is 4. The molecule has 1 saturated heterocycles. The van der Waals surface area contributed by atoms with Crippen molar-refractivity contribution < 1.29 is 4.74 Å². The predicted octanol–water partition coefficient (Wildman–Crippen LogP) is 2.24. The number of nitrogens with two attached hydrogens (primary N) is 1. The first-order valence-corrected chi connectivity index (χ1v) is 7.08. The van der Waals surface area contributed by atoms with Gasteiger partial charge in [0.2, 0.25) is 0 Å². The van der Waals surface area contributed by atoms with E-state index in [1.807, 2.05) is 32.0 Å². The lowest BCUT2D eigenvalue weighted by Gasteiger charge is -2.20. The molecule has 1 aromatic rings. The molecule has 106 valence electrons. The standard InChI is InChI=1S/C14H22ClN3O/c1-8(2)19-13-5-4-10(6-12(13)15)14-11(7-16)9(3)17-18-14/h4-6,8-9,11,14,17-18H,7,16H2,1-3H3. The Morgan fingerprint density at radius 2 is 2.11 bits per heavy atom. The molecule has 5 heteroatoms. The average molecular weight is 284 g/mol. The molecule has 1 heterocycles. The molecule has 19 heavy (non-hydrogen) atoms. The summed E-state index contributed by atoms with van der Waals surface area (Å²) in [6.45, 7) is 6.73. The van der Waals surface area contributed by atoms with Gasteiger partial charge in [-0.2, -0.15) is 0 Å². The van der Waals surface area contributed by atoms with Crippen LogP contribution in [0.3, 0.4) is 0 Å². The van der Waals surface area contributed by atoms with E-state index in [4.69, 9.17) is 22.1 Å². The van der Waals surface area contributed by atoms with Gasteiger partial charge in [-0.05, 0) is 45.0 Å². The second-order valence-electron chi connectivity index (χ2n) is 5.31. The van der Waals surface area contributed by atoms with Crippen LogP contribution in [0.15, 0.2) is 18.2 Å². The number of benzene rings is 1. The molecule has 0 aromatic heterocycles. The Hall–Kier alpha value is -0.810. The van der Waals surface area contributed by atoms with Crippen LogP contribution in [-0.4, -0.2) is 18.7 Å². The van der Waals surface area contributed by atoms with E-state index in [1.54, 1.807) is 0 Å². The zero-order chi connectivity index (χ0) is 14.0. The number of hydrogen-bond acceptors (Lipinski definition) is 4. The summed E-state index contributed by atoms with van der Waals surface area (Å²) in [5, 5.41) is 0.642. The molecule has 4 N–H and O–H groups in total. The fourth-order valence-electron chi connectivity index (χ4n) is 2.45. The smallest absolute Gasteiger partial charge is 0.138 e. The Morgan fingerprint density at radius 1 is 1.37 bits per heavy atom. The van der Waals surface area contributed by atoms with Crippen LogP contribution < -0.4 is 21.3 Å². The van der Waals surface area contributed by atoms with E-state index in [0.29, 0.717) is 23.5 Å². The molecule has 1 aliphatic rings. The summed E-state index contributed by atoms with van der Waals surface area (Å²) in [5.41, 5.74) is 13.5. The molecular weight excluding hydrogens is 262 g/mol. The van der Waals surface area contributed by atoms with Crippen molar-refractivity contribution in [3.05, 3.63) is 28.8 Å². The maximum absolute atomic E-state index is 6.27. The third kappa shape index (κ3) is 3.20. The molecular formula is C14H22ClN3O. The minimum atomic E-state index is 0.117. The van der Waals surface area contributed by atoms with Gasteiger partial charge < -0.3 is 10.5 Å². The highest BCUT2D eigenvalue weighted by Crippen LogP contribution is 2.33. The van der Waals surface area contributed by atoms with Crippen LogP contribution in [-0.2, 0) is 0 Å². The number of nitrogens with one attached hydrogen (secondary N) is 2. The summed E-state index contributed by atoms with van der Waals surface area (Å²) in [5.74, 6) is 1.08. The van der Waals surface area contributed by atoms with Crippen LogP contribution in [0.25, 0.3) is 0 Å². The van der Waals surface area contributed by atoms with Gasteiger partial charge >= 0.3 is 0 Å². The van der Waals surface area contributed by atoms with E-state index < -0.39 is 0 Å². The van der Waals surface area contributed by atoms with Crippen LogP contribution in [0.2, 0.25) is 5.02 Å². The largest absolute Gasteiger partial charge is 0.489 e. The van der Waals surface area contributed by atoms with E-state index in [0.717, 1.165) is 11.3 Å². The fraction of sp³-hybridized carbons (Fsp3) is 0.571. The Labute approximate surface area is 119 Å². The second kappa shape index (κ2) is 6.09. The first-order valence-electron chi connectivity index (χ1n) is 6.70. The van der Waals surface area contributed by atoms with Crippen LogP contribution in [0, 0.1) is 5.92 Å². The molecule has 1 aromatic carbocycles. The average Bonchev–Trinajstić information content (AvgIpc) is 2.72. The van der Waals surface area contributed by atoms with E-state index in [9.17, 15) is 0 Å². The molecule has 3 unspecified atom stereocenters. The topological polar surface area (TPSA) is 59.3 Å². The molecule has 1 fully saturated rings. The SMILES string of the molecule is CC(C)Oc1ccc(C2NNC(C)C2CN)cc1Cl. The number of hydrazine groups is 1. The van der Waals surface area contributed by atoms with Crippen molar-refractivity contribution in [1.82, 2.24) is 10.9 Å². The highest BCUT2D eigenvalue weighted by Gasteiger charge is 2.33. The zero-order valence-corrected chi connectivity index (χ0v) is 12.4. The second-order valence-corrected chi connectivity index (χ2v) is 5.72. The van der Waals surface area contributed by atoms with E-state index in [-0.39, 0.29) is 12.1 Å². The van der Waals surface area contributed by atoms with Gasteiger partial charge in [-0.25, -0.2) is 5.43 Å². The van der Waals surface area contributed by atoms with Gasteiger partial charge in [0.25, 0.3) is 0 Å². The summed E-state index contributed by atoms with van der Waals surface area (Å²) in [4.78, 5) is 0. The van der Waals surface area contributed by atoms with Crippen molar-refractivity contribution in [3.63, 3.8) is 0 Å². The highest BCUT2D eigenvalue weighted by atomic mass is 35.5. The lowest BCUT2D eigenvalue weighted by Crippen LogP contribution is -2.30. The molecule has 4 nitrogen and oxygen atoms in total. The van der Waals surface area contributed by atoms with E-state index in [1.165, 1.54) is 0 Å². The number of hydrogen-bond donors (Lipinski definition) is 3. The first-order chi connectivity index (χ1) is 9.02. The molecule has 0 radical (unpaired) electrons. The van der Waals surface area contributed by atoms with Gasteiger partial charge in [0, 0.05) is 12.0 Å².